The lowest BCUT2D eigenvalue weighted by Crippen LogP contribution is -2.32. The fourth-order valence-corrected chi connectivity index (χ4v) is 2.89. The zero-order chi connectivity index (χ0) is 15.2. The highest BCUT2D eigenvalue weighted by molar-refractivity contribution is 6.33. The summed E-state index contributed by atoms with van der Waals surface area (Å²) in [6.07, 6.45) is 2.34. The second-order valence-corrected chi connectivity index (χ2v) is 5.36. The number of rotatable bonds is 7. The Morgan fingerprint density at radius 2 is 2.24 bits per heavy atom. The average Bonchev–Trinajstić information content (AvgIpc) is 3.02. The van der Waals surface area contributed by atoms with Crippen molar-refractivity contribution in [2.45, 2.75) is 25.0 Å². The van der Waals surface area contributed by atoms with Gasteiger partial charge in [-0.1, -0.05) is 17.7 Å². The van der Waals surface area contributed by atoms with Gasteiger partial charge in [0, 0.05) is 13.2 Å². The van der Waals surface area contributed by atoms with Crippen LogP contribution in [-0.2, 0) is 4.74 Å². The monoisotopic (exact) mass is 315 g/mol. The second kappa shape index (κ2) is 7.84. The third kappa shape index (κ3) is 3.80. The molecular formula is C15H22ClNO4. The molecule has 21 heavy (non-hydrogen) atoms. The van der Waals surface area contributed by atoms with Gasteiger partial charge in [-0.25, -0.2) is 0 Å². The number of hydrogen-bond donors (Lipinski definition) is 2. The van der Waals surface area contributed by atoms with Crippen LogP contribution in [0.15, 0.2) is 12.1 Å². The SMILES string of the molecule is COc1ccc(C(CO)NCC2CCCO2)c(Cl)c1OC. The first-order valence-electron chi connectivity index (χ1n) is 7.07. The van der Waals surface area contributed by atoms with E-state index in [1.807, 2.05) is 6.07 Å². The van der Waals surface area contributed by atoms with Gasteiger partial charge in [0.2, 0.25) is 0 Å². The highest BCUT2D eigenvalue weighted by Gasteiger charge is 2.22. The number of ether oxygens (including phenoxy) is 3. The fraction of sp³-hybridized carbons (Fsp3) is 0.600. The molecular weight excluding hydrogens is 294 g/mol. The molecule has 2 atom stereocenters. The van der Waals surface area contributed by atoms with Gasteiger partial charge in [-0.2, -0.15) is 0 Å². The summed E-state index contributed by atoms with van der Waals surface area (Å²) in [5.74, 6) is 1.05. The molecule has 0 aromatic heterocycles. The van der Waals surface area contributed by atoms with Crippen LogP contribution in [0.3, 0.4) is 0 Å². The van der Waals surface area contributed by atoms with Crippen molar-refractivity contribution in [1.82, 2.24) is 5.32 Å². The van der Waals surface area contributed by atoms with Crippen molar-refractivity contribution in [3.8, 4) is 11.5 Å². The van der Waals surface area contributed by atoms with Crippen LogP contribution in [0.4, 0.5) is 0 Å². The Morgan fingerprint density at radius 1 is 1.43 bits per heavy atom. The minimum absolute atomic E-state index is 0.0536. The standard InChI is InChI=1S/C15H22ClNO4/c1-19-13-6-5-11(14(16)15(13)20-2)12(9-18)17-8-10-4-3-7-21-10/h5-6,10,12,17-18H,3-4,7-9H2,1-2H3. The zero-order valence-corrected chi connectivity index (χ0v) is 13.2. The number of aliphatic hydroxyl groups excluding tert-OH is 1. The summed E-state index contributed by atoms with van der Waals surface area (Å²) in [4.78, 5) is 0. The first-order valence-corrected chi connectivity index (χ1v) is 7.45. The van der Waals surface area contributed by atoms with Crippen LogP contribution in [0.25, 0.3) is 0 Å². The van der Waals surface area contributed by atoms with E-state index >= 15 is 0 Å². The van der Waals surface area contributed by atoms with Crippen LogP contribution in [0.5, 0.6) is 11.5 Å². The Labute approximate surface area is 130 Å². The van der Waals surface area contributed by atoms with E-state index in [0.717, 1.165) is 25.0 Å². The minimum Gasteiger partial charge on any atom is -0.493 e. The van der Waals surface area contributed by atoms with Crippen molar-refractivity contribution in [2.24, 2.45) is 0 Å². The predicted molar refractivity (Wildman–Crippen MR) is 81.4 cm³/mol. The molecule has 1 heterocycles. The van der Waals surface area contributed by atoms with Gasteiger partial charge < -0.3 is 24.6 Å². The van der Waals surface area contributed by atoms with E-state index in [1.165, 1.54) is 0 Å². The lowest BCUT2D eigenvalue weighted by Gasteiger charge is -2.22. The molecule has 2 N–H and O–H groups in total. The predicted octanol–water partition coefficient (Wildman–Crippen LogP) is 2.16. The van der Waals surface area contributed by atoms with Gasteiger partial charge in [0.05, 0.1) is 38.0 Å². The Bertz CT molecular complexity index is 463. The van der Waals surface area contributed by atoms with Gasteiger partial charge in [-0.05, 0) is 24.5 Å². The molecule has 2 unspecified atom stereocenters. The summed E-state index contributed by atoms with van der Waals surface area (Å²) in [6.45, 7) is 1.45. The molecule has 1 aromatic rings. The van der Waals surface area contributed by atoms with Gasteiger partial charge in [-0.15, -0.1) is 0 Å². The van der Waals surface area contributed by atoms with Crippen molar-refractivity contribution >= 4 is 11.6 Å². The molecule has 1 aromatic carbocycles. The lowest BCUT2D eigenvalue weighted by molar-refractivity contribution is 0.104. The van der Waals surface area contributed by atoms with Gasteiger partial charge in [-0.3, -0.25) is 0 Å². The van der Waals surface area contributed by atoms with Crippen LogP contribution in [0, 0.1) is 0 Å². The molecule has 6 heteroatoms. The van der Waals surface area contributed by atoms with Crippen molar-refractivity contribution in [3.63, 3.8) is 0 Å². The third-order valence-electron chi connectivity index (χ3n) is 3.69. The maximum atomic E-state index is 9.63. The third-order valence-corrected chi connectivity index (χ3v) is 4.08. The highest BCUT2D eigenvalue weighted by atomic mass is 35.5. The number of methoxy groups -OCH3 is 2. The Balaban J connectivity index is 2.13. The van der Waals surface area contributed by atoms with Gasteiger partial charge in [0.15, 0.2) is 11.5 Å². The molecule has 1 saturated heterocycles. The molecule has 0 radical (unpaired) electrons. The van der Waals surface area contributed by atoms with Gasteiger partial charge in [0.1, 0.15) is 0 Å². The molecule has 1 aliphatic heterocycles. The van der Waals surface area contributed by atoms with Crippen LogP contribution >= 0.6 is 11.6 Å². The fourth-order valence-electron chi connectivity index (χ4n) is 2.53. The van der Waals surface area contributed by atoms with Crippen LogP contribution in [0.2, 0.25) is 5.02 Å². The molecule has 0 saturated carbocycles. The summed E-state index contributed by atoms with van der Waals surface area (Å²) in [6, 6.07) is 3.37. The van der Waals surface area contributed by atoms with E-state index in [9.17, 15) is 5.11 Å². The Kier molecular flexibility index (Phi) is 6.11. The van der Waals surface area contributed by atoms with Crippen molar-refractivity contribution < 1.29 is 19.3 Å². The van der Waals surface area contributed by atoms with E-state index < -0.39 is 0 Å². The quantitative estimate of drug-likeness (QED) is 0.807. The average molecular weight is 316 g/mol. The molecule has 0 spiro atoms. The first kappa shape index (κ1) is 16.4. The van der Waals surface area contributed by atoms with Crippen molar-refractivity contribution in [3.05, 3.63) is 22.7 Å². The molecule has 2 rings (SSSR count). The van der Waals surface area contributed by atoms with Gasteiger partial charge >= 0.3 is 0 Å². The molecule has 1 fully saturated rings. The van der Waals surface area contributed by atoms with Crippen LogP contribution < -0.4 is 14.8 Å². The normalized spacial score (nSPS) is 19.5. The molecule has 0 aliphatic carbocycles. The molecule has 0 bridgehead atoms. The van der Waals surface area contributed by atoms with E-state index in [-0.39, 0.29) is 18.8 Å². The molecule has 1 aliphatic rings. The van der Waals surface area contributed by atoms with Gasteiger partial charge in [0.25, 0.3) is 0 Å². The molecule has 5 nitrogen and oxygen atoms in total. The van der Waals surface area contributed by atoms with Crippen LogP contribution in [0.1, 0.15) is 24.4 Å². The van der Waals surface area contributed by atoms with E-state index in [2.05, 4.69) is 5.32 Å². The van der Waals surface area contributed by atoms with Crippen LogP contribution in [-0.4, -0.2) is 45.2 Å². The molecule has 0 amide bonds. The summed E-state index contributed by atoms with van der Waals surface area (Å²) < 4.78 is 16.1. The number of benzene rings is 1. The summed E-state index contributed by atoms with van der Waals surface area (Å²) in [5, 5.41) is 13.4. The maximum absolute atomic E-state index is 9.63. The number of aliphatic hydroxyl groups is 1. The summed E-state index contributed by atoms with van der Waals surface area (Å²) >= 11 is 6.37. The number of halogens is 1. The van der Waals surface area contributed by atoms with E-state index in [0.29, 0.717) is 23.1 Å². The summed E-state index contributed by atoms with van der Waals surface area (Å²) in [5.41, 5.74) is 0.787. The molecule has 118 valence electrons. The maximum Gasteiger partial charge on any atom is 0.179 e. The van der Waals surface area contributed by atoms with Crippen molar-refractivity contribution in [1.29, 1.82) is 0 Å². The Morgan fingerprint density at radius 3 is 2.81 bits per heavy atom. The topological polar surface area (TPSA) is 60.0 Å². The summed E-state index contributed by atoms with van der Waals surface area (Å²) in [7, 11) is 3.11. The lowest BCUT2D eigenvalue weighted by atomic mass is 10.1. The smallest absolute Gasteiger partial charge is 0.179 e. The second-order valence-electron chi connectivity index (χ2n) is 4.98. The minimum atomic E-state index is -0.262. The first-order chi connectivity index (χ1) is 10.2. The van der Waals surface area contributed by atoms with E-state index in [1.54, 1.807) is 20.3 Å². The largest absolute Gasteiger partial charge is 0.493 e. The number of hydrogen-bond acceptors (Lipinski definition) is 5. The van der Waals surface area contributed by atoms with E-state index in [4.69, 9.17) is 25.8 Å². The van der Waals surface area contributed by atoms with Crippen molar-refractivity contribution in [2.75, 3.05) is 34.0 Å². The Hall–Kier alpha value is -1.01. The number of nitrogens with one attached hydrogen (secondary N) is 1. The highest BCUT2D eigenvalue weighted by Crippen LogP contribution is 2.39. The zero-order valence-electron chi connectivity index (χ0n) is 12.4.